The van der Waals surface area contributed by atoms with Crippen molar-refractivity contribution in [2.75, 3.05) is 13.7 Å². The summed E-state index contributed by atoms with van der Waals surface area (Å²) in [6.45, 7) is 1.99. The van der Waals surface area contributed by atoms with Crippen LogP contribution in [0.2, 0.25) is 0 Å². The molecule has 4 aliphatic rings. The van der Waals surface area contributed by atoms with Crippen molar-refractivity contribution in [2.45, 2.75) is 93.7 Å². The summed E-state index contributed by atoms with van der Waals surface area (Å²) in [4.78, 5) is 63.5. The van der Waals surface area contributed by atoms with Crippen molar-refractivity contribution in [1.29, 1.82) is 0 Å². The van der Waals surface area contributed by atoms with Crippen molar-refractivity contribution >= 4 is 67.2 Å². The van der Waals surface area contributed by atoms with Crippen molar-refractivity contribution in [3.05, 3.63) is 59.5 Å². The van der Waals surface area contributed by atoms with Crippen molar-refractivity contribution in [1.82, 2.24) is 25.2 Å². The molecule has 0 radical (unpaired) electrons. The molecule has 4 aromatic rings. The monoisotopic (exact) mass is 789 g/mol. The van der Waals surface area contributed by atoms with E-state index in [0.29, 0.717) is 60.2 Å². The molecule has 0 unspecified atom stereocenters. The quantitative estimate of drug-likeness (QED) is 0.213. The first-order valence-electron chi connectivity index (χ1n) is 18.7. The van der Waals surface area contributed by atoms with E-state index >= 15 is 0 Å². The summed E-state index contributed by atoms with van der Waals surface area (Å²) < 4.78 is 45.8. The first-order chi connectivity index (χ1) is 26.5. The Morgan fingerprint density at radius 1 is 1.09 bits per heavy atom. The maximum atomic E-state index is 14.4. The smallest absolute Gasteiger partial charge is 0.407 e. The van der Waals surface area contributed by atoms with Crippen LogP contribution in [0, 0.1) is 12.8 Å². The summed E-state index contributed by atoms with van der Waals surface area (Å²) in [5.41, 5.74) is 0.828. The highest BCUT2D eigenvalue weighted by molar-refractivity contribution is 7.91. The van der Waals surface area contributed by atoms with Crippen molar-refractivity contribution in [3.63, 3.8) is 0 Å². The molecule has 5 heterocycles. The van der Waals surface area contributed by atoms with E-state index in [0.717, 1.165) is 28.0 Å². The highest BCUT2D eigenvalue weighted by Gasteiger charge is 2.62. The van der Waals surface area contributed by atoms with E-state index in [1.54, 1.807) is 17.4 Å². The van der Waals surface area contributed by atoms with Gasteiger partial charge < -0.3 is 29.4 Å². The molecule has 4 amide bonds. The molecule has 3 fully saturated rings. The van der Waals surface area contributed by atoms with Gasteiger partial charge in [0.2, 0.25) is 21.8 Å². The fraction of sp³-hybridized carbons (Fsp3) is 0.462. The molecular formula is C39H43N5O9S2. The van der Waals surface area contributed by atoms with E-state index in [-0.39, 0.29) is 19.4 Å². The maximum Gasteiger partial charge on any atom is 0.407 e. The largest absolute Gasteiger partial charge is 0.484 e. The van der Waals surface area contributed by atoms with Gasteiger partial charge in [0, 0.05) is 28.7 Å². The zero-order chi connectivity index (χ0) is 38.5. The molecule has 2 saturated carbocycles. The van der Waals surface area contributed by atoms with Gasteiger partial charge in [-0.1, -0.05) is 37.1 Å². The standard InChI is InChI=1S/C39H43N5O9S2/c1-22-14-17-32(54-22)28-19-31(34-33(40-28)26-11-8-9-13-30(26)53-34)52-24-18-29-35(45)42-39(37(47)43-55(49,50)25-15-16-25)20-23(39)10-6-4-3-5-7-12-27(41-38(48)51-2)36(46)44(29)21-24/h6,8-11,13-14,17,19,23-25,27,29H,3-5,7,12,15-16,18,20-21H2,1-2H3,(H,41,48)(H,42,45)(H,43,47)/b10-6-/t23-,24+,27-,29-,39+/m0/s1. The lowest BCUT2D eigenvalue weighted by molar-refractivity contribution is -0.141. The lowest BCUT2D eigenvalue weighted by Gasteiger charge is -2.29. The third-order valence-electron chi connectivity index (χ3n) is 10.9. The number of hydrogen-bond donors (Lipinski definition) is 3. The Hall–Kier alpha value is -4.96. The molecule has 14 nitrogen and oxygen atoms in total. The number of carbonyl (C=O) groups excluding carboxylic acids is 4. The number of nitrogens with one attached hydrogen (secondary N) is 3. The van der Waals surface area contributed by atoms with E-state index in [1.807, 2.05) is 55.5 Å². The summed E-state index contributed by atoms with van der Waals surface area (Å²) in [7, 11) is -2.68. The molecule has 3 N–H and O–H groups in total. The summed E-state index contributed by atoms with van der Waals surface area (Å²) >= 11 is 1.59. The van der Waals surface area contributed by atoms with Gasteiger partial charge in [-0.25, -0.2) is 18.2 Å². The Morgan fingerprint density at radius 2 is 1.91 bits per heavy atom. The van der Waals surface area contributed by atoms with Crippen LogP contribution in [0.5, 0.6) is 5.75 Å². The normalized spacial score (nSPS) is 26.6. The number of methoxy groups -OCH3 is 1. The van der Waals surface area contributed by atoms with Gasteiger partial charge >= 0.3 is 6.09 Å². The van der Waals surface area contributed by atoms with E-state index in [9.17, 15) is 27.6 Å². The fourth-order valence-electron chi connectivity index (χ4n) is 7.67. The van der Waals surface area contributed by atoms with Gasteiger partial charge in [-0.3, -0.25) is 19.1 Å². The number of benzene rings is 1. The molecule has 0 bridgehead atoms. The number of aromatic nitrogens is 1. The van der Waals surface area contributed by atoms with Crippen LogP contribution in [0.1, 0.15) is 62.7 Å². The molecule has 16 heteroatoms. The number of amides is 4. The number of sulfonamides is 1. The Morgan fingerprint density at radius 3 is 2.67 bits per heavy atom. The first-order valence-corrected chi connectivity index (χ1v) is 21.1. The number of rotatable bonds is 7. The van der Waals surface area contributed by atoms with Crippen molar-refractivity contribution < 1.29 is 41.5 Å². The number of nitrogens with zero attached hydrogens (tertiary/aromatic N) is 2. The van der Waals surface area contributed by atoms with Gasteiger partial charge in [0.25, 0.3) is 5.91 Å². The van der Waals surface area contributed by atoms with Crippen molar-refractivity contribution in [3.8, 4) is 16.3 Å². The second-order valence-corrected chi connectivity index (χ2v) is 18.1. The minimum atomic E-state index is -3.90. The Balaban J connectivity index is 1.14. The minimum Gasteiger partial charge on any atom is -0.484 e. The Labute approximate surface area is 322 Å². The molecular weight excluding hydrogens is 747 g/mol. The molecule has 0 spiro atoms. The van der Waals surface area contributed by atoms with Crippen LogP contribution in [-0.2, 0) is 29.1 Å². The second-order valence-electron chi connectivity index (χ2n) is 14.9. The topological polar surface area (TPSA) is 186 Å². The van der Waals surface area contributed by atoms with Gasteiger partial charge in [-0.05, 0) is 69.7 Å². The molecule has 5 atom stereocenters. The molecule has 55 heavy (non-hydrogen) atoms. The number of furan rings is 1. The number of thiophene rings is 1. The fourth-order valence-corrected chi connectivity index (χ4v) is 9.86. The zero-order valence-electron chi connectivity index (χ0n) is 30.5. The number of alkyl carbamates (subject to hydrolysis) is 1. The Kier molecular flexibility index (Phi) is 9.82. The van der Waals surface area contributed by atoms with Crippen LogP contribution in [0.15, 0.2) is 59.0 Å². The molecule has 2 aliphatic carbocycles. The predicted octanol–water partition coefficient (Wildman–Crippen LogP) is 5.09. The number of ether oxygens (including phenoxy) is 2. The van der Waals surface area contributed by atoms with E-state index in [1.165, 1.54) is 12.0 Å². The van der Waals surface area contributed by atoms with Crippen LogP contribution in [0.3, 0.4) is 0 Å². The molecule has 290 valence electrons. The highest BCUT2D eigenvalue weighted by Crippen LogP contribution is 2.46. The zero-order valence-corrected chi connectivity index (χ0v) is 32.2. The second kappa shape index (κ2) is 14.6. The van der Waals surface area contributed by atoms with Gasteiger partial charge in [-0.15, -0.1) is 11.3 Å². The summed E-state index contributed by atoms with van der Waals surface area (Å²) in [6, 6.07) is 11.2. The lowest BCUT2D eigenvalue weighted by atomic mass is 10.1. The third-order valence-corrected chi connectivity index (χ3v) is 13.7. The van der Waals surface area contributed by atoms with Crippen LogP contribution in [-0.4, -0.2) is 84.7 Å². The number of fused-ring (bicyclic) bond motifs is 5. The van der Waals surface area contributed by atoms with Gasteiger partial charge in [0.15, 0.2) is 11.3 Å². The summed E-state index contributed by atoms with van der Waals surface area (Å²) in [5.74, 6) is -1.95. The van der Waals surface area contributed by atoms with Crippen LogP contribution in [0.25, 0.3) is 32.6 Å². The first kappa shape index (κ1) is 37.0. The molecule has 8 rings (SSSR count). The number of pyridine rings is 1. The van der Waals surface area contributed by atoms with Crippen LogP contribution in [0.4, 0.5) is 4.79 Å². The van der Waals surface area contributed by atoms with Crippen LogP contribution >= 0.6 is 11.3 Å². The average Bonchev–Trinajstić information content (AvgIpc) is 4.00. The average molecular weight is 790 g/mol. The summed E-state index contributed by atoms with van der Waals surface area (Å²) in [5, 5.41) is 5.73. The van der Waals surface area contributed by atoms with E-state index in [2.05, 4.69) is 15.4 Å². The number of hydrogen-bond acceptors (Lipinski definition) is 11. The van der Waals surface area contributed by atoms with Gasteiger partial charge in [0.1, 0.15) is 34.8 Å². The van der Waals surface area contributed by atoms with E-state index < -0.39 is 68.7 Å². The van der Waals surface area contributed by atoms with Crippen molar-refractivity contribution in [2.24, 2.45) is 5.92 Å². The van der Waals surface area contributed by atoms with E-state index in [4.69, 9.17) is 18.9 Å². The highest BCUT2D eigenvalue weighted by atomic mass is 32.2. The lowest BCUT2D eigenvalue weighted by Crippen LogP contribution is -2.58. The summed E-state index contributed by atoms with van der Waals surface area (Å²) in [6.07, 6.45) is 6.70. The number of allylic oxidation sites excluding steroid dienone is 1. The SMILES string of the molecule is COC(=O)N[C@H]1CCCCC/C=C\[C@H]2C[C@@]2(C(=O)NS(=O)(=O)C2CC2)NC(=O)[C@@H]2C[C@@H](Oc3cc(-c4ccc(C)s4)nc4c3oc3ccccc34)CN2C1=O. The number of para-hydroxylation sites is 1. The van der Waals surface area contributed by atoms with Gasteiger partial charge in [0.05, 0.1) is 29.5 Å². The maximum absolute atomic E-state index is 14.4. The molecule has 3 aromatic heterocycles. The Bertz CT molecular complexity index is 2320. The number of carbonyl (C=O) groups is 4. The van der Waals surface area contributed by atoms with Crippen LogP contribution < -0.4 is 20.1 Å². The third kappa shape index (κ3) is 7.41. The molecule has 1 saturated heterocycles. The molecule has 1 aromatic carbocycles. The number of aryl methyl sites for hydroxylation is 1. The predicted molar refractivity (Wildman–Crippen MR) is 205 cm³/mol. The molecule has 2 aliphatic heterocycles. The minimum absolute atomic E-state index is 0.0215. The van der Waals surface area contributed by atoms with Gasteiger partial charge in [-0.2, -0.15) is 0 Å².